The van der Waals surface area contributed by atoms with Crippen LogP contribution in [-0.4, -0.2) is 51.4 Å². The molecular formula is C13H20ClN3O3. The molecule has 7 heteroatoms. The third kappa shape index (κ3) is 5.73. The molecule has 0 saturated heterocycles. The van der Waals surface area contributed by atoms with E-state index >= 15 is 0 Å². The van der Waals surface area contributed by atoms with Crippen molar-refractivity contribution in [3.63, 3.8) is 0 Å². The zero-order chi connectivity index (χ0) is 14.8. The second-order valence-electron chi connectivity index (χ2n) is 4.01. The number of carbonyl (C=O) groups excluding carboxylic acids is 1. The lowest BCUT2D eigenvalue weighted by Gasteiger charge is -2.08. The molecule has 1 amide bonds. The molecule has 0 radical (unpaired) electrons. The van der Waals surface area contributed by atoms with Crippen molar-refractivity contribution in [3.05, 3.63) is 22.8 Å². The largest absolute Gasteiger partial charge is 0.382 e. The molecule has 0 aliphatic rings. The van der Waals surface area contributed by atoms with Crippen LogP contribution < -0.4 is 10.6 Å². The zero-order valence-corrected chi connectivity index (χ0v) is 12.5. The number of halogens is 1. The molecular weight excluding hydrogens is 282 g/mol. The van der Waals surface area contributed by atoms with E-state index in [0.29, 0.717) is 42.8 Å². The number of rotatable bonds is 9. The van der Waals surface area contributed by atoms with Gasteiger partial charge in [0.2, 0.25) is 0 Å². The second-order valence-corrected chi connectivity index (χ2v) is 4.42. The van der Waals surface area contributed by atoms with Crippen LogP contribution in [0, 0.1) is 0 Å². The summed E-state index contributed by atoms with van der Waals surface area (Å²) in [7, 11) is 3.36. The average molecular weight is 302 g/mol. The molecule has 1 aromatic heterocycles. The Morgan fingerprint density at radius 3 is 2.90 bits per heavy atom. The predicted octanol–water partition coefficient (Wildman–Crippen LogP) is 1.56. The number of ether oxygens (including phenoxy) is 2. The summed E-state index contributed by atoms with van der Waals surface area (Å²) in [5, 5.41) is 5.99. The van der Waals surface area contributed by atoms with Gasteiger partial charge in [0.15, 0.2) is 0 Å². The molecule has 0 bridgehead atoms. The molecule has 0 aromatic carbocycles. The summed E-state index contributed by atoms with van der Waals surface area (Å²) in [6.45, 7) is 2.24. The first-order valence-electron chi connectivity index (χ1n) is 6.37. The minimum Gasteiger partial charge on any atom is -0.382 e. The molecule has 2 N–H and O–H groups in total. The van der Waals surface area contributed by atoms with Crippen LogP contribution in [0.2, 0.25) is 5.02 Å². The van der Waals surface area contributed by atoms with Gasteiger partial charge in [0, 0.05) is 33.5 Å². The van der Waals surface area contributed by atoms with Crippen molar-refractivity contribution in [3.8, 4) is 0 Å². The van der Waals surface area contributed by atoms with Gasteiger partial charge in [-0.15, -0.1) is 0 Å². The van der Waals surface area contributed by atoms with Crippen LogP contribution in [0.1, 0.15) is 16.8 Å². The highest BCUT2D eigenvalue weighted by atomic mass is 35.5. The van der Waals surface area contributed by atoms with E-state index in [1.807, 2.05) is 0 Å². The minimum absolute atomic E-state index is 0.217. The van der Waals surface area contributed by atoms with Crippen molar-refractivity contribution in [2.24, 2.45) is 0 Å². The molecule has 0 aliphatic heterocycles. The van der Waals surface area contributed by atoms with Crippen LogP contribution in [-0.2, 0) is 9.47 Å². The number of nitrogens with zero attached hydrogens (tertiary/aromatic N) is 1. The number of methoxy groups -OCH3 is 1. The maximum absolute atomic E-state index is 12.0. The van der Waals surface area contributed by atoms with Crippen LogP contribution in [0.5, 0.6) is 0 Å². The Labute approximate surface area is 123 Å². The maximum atomic E-state index is 12.0. The van der Waals surface area contributed by atoms with Gasteiger partial charge in [-0.25, -0.2) is 4.98 Å². The highest BCUT2D eigenvalue weighted by Crippen LogP contribution is 2.17. The van der Waals surface area contributed by atoms with Crippen molar-refractivity contribution in [1.82, 2.24) is 10.3 Å². The van der Waals surface area contributed by atoms with E-state index in [1.165, 1.54) is 6.20 Å². The lowest BCUT2D eigenvalue weighted by Crippen LogP contribution is -2.26. The number of hydrogen-bond donors (Lipinski definition) is 2. The van der Waals surface area contributed by atoms with Crippen molar-refractivity contribution in [2.45, 2.75) is 6.42 Å². The summed E-state index contributed by atoms with van der Waals surface area (Å²) in [6.07, 6.45) is 2.19. The van der Waals surface area contributed by atoms with E-state index < -0.39 is 0 Å². The summed E-state index contributed by atoms with van der Waals surface area (Å²) >= 11 is 5.96. The van der Waals surface area contributed by atoms with Crippen LogP contribution >= 0.6 is 11.6 Å². The molecule has 0 unspecified atom stereocenters. The van der Waals surface area contributed by atoms with E-state index in [0.717, 1.165) is 6.42 Å². The number of aromatic nitrogens is 1. The summed E-state index contributed by atoms with van der Waals surface area (Å²) in [4.78, 5) is 16.0. The van der Waals surface area contributed by atoms with E-state index in [-0.39, 0.29) is 5.91 Å². The van der Waals surface area contributed by atoms with Gasteiger partial charge in [-0.2, -0.15) is 0 Å². The molecule has 0 fully saturated rings. The number of amides is 1. The van der Waals surface area contributed by atoms with Gasteiger partial charge in [-0.05, 0) is 12.5 Å². The fraction of sp³-hybridized carbons (Fsp3) is 0.538. The molecule has 1 aromatic rings. The number of nitrogens with one attached hydrogen (secondary N) is 2. The quantitative estimate of drug-likeness (QED) is 0.677. The summed E-state index contributed by atoms with van der Waals surface area (Å²) in [5.41, 5.74) is 0.409. The second kappa shape index (κ2) is 9.52. The molecule has 112 valence electrons. The first kappa shape index (κ1) is 16.7. The fourth-order valence-electron chi connectivity index (χ4n) is 1.47. The lowest BCUT2D eigenvalue weighted by atomic mass is 10.2. The first-order valence-corrected chi connectivity index (χ1v) is 6.75. The zero-order valence-electron chi connectivity index (χ0n) is 11.7. The number of pyridine rings is 1. The van der Waals surface area contributed by atoms with Gasteiger partial charge >= 0.3 is 0 Å². The molecule has 1 heterocycles. The number of hydrogen-bond acceptors (Lipinski definition) is 5. The lowest BCUT2D eigenvalue weighted by molar-refractivity contribution is 0.0688. The molecule has 20 heavy (non-hydrogen) atoms. The Balaban J connectivity index is 2.32. The Kier molecular flexibility index (Phi) is 7.94. The van der Waals surface area contributed by atoms with Crippen molar-refractivity contribution in [2.75, 3.05) is 45.8 Å². The predicted molar refractivity (Wildman–Crippen MR) is 78.4 cm³/mol. The first-order chi connectivity index (χ1) is 9.69. The fourth-order valence-corrected chi connectivity index (χ4v) is 1.65. The van der Waals surface area contributed by atoms with Crippen LogP contribution in [0.15, 0.2) is 12.3 Å². The Bertz CT molecular complexity index is 429. The average Bonchev–Trinajstić information content (AvgIpc) is 2.46. The monoisotopic (exact) mass is 301 g/mol. The van der Waals surface area contributed by atoms with E-state index in [1.54, 1.807) is 20.2 Å². The number of anilines is 1. The van der Waals surface area contributed by atoms with Gasteiger partial charge in [0.05, 0.1) is 23.8 Å². The maximum Gasteiger partial charge on any atom is 0.252 e. The van der Waals surface area contributed by atoms with Crippen LogP contribution in [0.4, 0.5) is 5.82 Å². The van der Waals surface area contributed by atoms with Crippen molar-refractivity contribution >= 4 is 23.3 Å². The topological polar surface area (TPSA) is 72.5 Å². The van der Waals surface area contributed by atoms with Crippen LogP contribution in [0.3, 0.4) is 0 Å². The Morgan fingerprint density at radius 1 is 1.40 bits per heavy atom. The SMILES string of the molecule is CNc1cc(C(=O)NCCCOCCOC)c(Cl)cn1. The van der Waals surface area contributed by atoms with Gasteiger partial charge < -0.3 is 20.1 Å². The molecule has 6 nitrogen and oxygen atoms in total. The number of carbonyl (C=O) groups is 1. The molecule has 0 spiro atoms. The Hall–Kier alpha value is -1.37. The standard InChI is InChI=1S/C13H20ClN3O3/c1-15-12-8-10(11(14)9-17-12)13(18)16-4-3-5-20-7-6-19-2/h8-9H,3-7H2,1-2H3,(H,15,17)(H,16,18). The minimum atomic E-state index is -0.217. The highest BCUT2D eigenvalue weighted by molar-refractivity contribution is 6.33. The molecule has 0 saturated carbocycles. The van der Waals surface area contributed by atoms with Crippen molar-refractivity contribution in [1.29, 1.82) is 0 Å². The Morgan fingerprint density at radius 2 is 2.20 bits per heavy atom. The van der Waals surface area contributed by atoms with E-state index in [2.05, 4.69) is 15.6 Å². The smallest absolute Gasteiger partial charge is 0.252 e. The molecule has 0 atom stereocenters. The summed E-state index contributed by atoms with van der Waals surface area (Å²) < 4.78 is 10.2. The van der Waals surface area contributed by atoms with Gasteiger partial charge in [0.1, 0.15) is 5.82 Å². The normalized spacial score (nSPS) is 10.3. The summed E-state index contributed by atoms with van der Waals surface area (Å²) in [5.74, 6) is 0.383. The third-order valence-electron chi connectivity index (χ3n) is 2.54. The van der Waals surface area contributed by atoms with Gasteiger partial charge in [0.25, 0.3) is 5.91 Å². The molecule has 1 rings (SSSR count). The summed E-state index contributed by atoms with van der Waals surface area (Å²) in [6, 6.07) is 1.62. The van der Waals surface area contributed by atoms with E-state index in [4.69, 9.17) is 21.1 Å². The van der Waals surface area contributed by atoms with Gasteiger partial charge in [-0.1, -0.05) is 11.6 Å². The highest BCUT2D eigenvalue weighted by Gasteiger charge is 2.11. The third-order valence-corrected chi connectivity index (χ3v) is 2.84. The van der Waals surface area contributed by atoms with Crippen LogP contribution in [0.25, 0.3) is 0 Å². The van der Waals surface area contributed by atoms with Crippen molar-refractivity contribution < 1.29 is 14.3 Å². The van der Waals surface area contributed by atoms with Gasteiger partial charge in [-0.3, -0.25) is 4.79 Å². The van der Waals surface area contributed by atoms with E-state index in [9.17, 15) is 4.79 Å². The molecule has 0 aliphatic carbocycles.